The molecule has 3 rings (SSSR count). The Labute approximate surface area is 159 Å². The smallest absolute Gasteiger partial charge is 0.409 e. The van der Waals surface area contributed by atoms with Crippen LogP contribution in [0.4, 0.5) is 15.3 Å². The molecule has 0 aromatic heterocycles. The van der Waals surface area contributed by atoms with Crippen LogP contribution < -0.4 is 4.90 Å². The Balaban J connectivity index is 1.62. The van der Waals surface area contributed by atoms with Crippen molar-refractivity contribution in [3.05, 3.63) is 29.8 Å². The van der Waals surface area contributed by atoms with Crippen molar-refractivity contribution >= 4 is 23.7 Å². The van der Waals surface area contributed by atoms with Gasteiger partial charge in [-0.1, -0.05) is 17.7 Å². The second-order valence-corrected chi connectivity index (χ2v) is 6.88. The first-order chi connectivity index (χ1) is 12.9. The third-order valence-corrected chi connectivity index (χ3v) is 5.00. The molecule has 0 N–H and O–H groups in total. The molecule has 2 fully saturated rings. The van der Waals surface area contributed by atoms with Crippen molar-refractivity contribution < 1.29 is 19.1 Å². The molecule has 2 heterocycles. The van der Waals surface area contributed by atoms with Crippen molar-refractivity contribution in [3.8, 4) is 0 Å². The van der Waals surface area contributed by atoms with Crippen LogP contribution in [0.3, 0.4) is 0 Å². The van der Waals surface area contributed by atoms with Gasteiger partial charge in [0.15, 0.2) is 0 Å². The first-order valence-corrected chi connectivity index (χ1v) is 9.27. The summed E-state index contributed by atoms with van der Waals surface area (Å²) < 4.78 is 5.01. The van der Waals surface area contributed by atoms with E-state index in [-0.39, 0.29) is 24.7 Å². The van der Waals surface area contributed by atoms with Gasteiger partial charge < -0.3 is 9.64 Å². The lowest BCUT2D eigenvalue weighted by Gasteiger charge is -2.35. The highest BCUT2D eigenvalue weighted by atomic mass is 16.6. The Morgan fingerprint density at radius 2 is 1.74 bits per heavy atom. The van der Waals surface area contributed by atoms with Crippen molar-refractivity contribution in [1.82, 2.24) is 14.7 Å². The lowest BCUT2D eigenvalue weighted by Crippen LogP contribution is -2.52. The first kappa shape index (κ1) is 19.2. The van der Waals surface area contributed by atoms with Crippen LogP contribution in [-0.2, 0) is 9.53 Å². The summed E-state index contributed by atoms with van der Waals surface area (Å²) in [6.45, 7) is 8.32. The molecular weight excluding hydrogens is 348 g/mol. The number of carbonyl (C=O) groups excluding carboxylic acids is 3. The number of hydrogen-bond acceptors (Lipinski definition) is 5. The Hall–Kier alpha value is -2.61. The van der Waals surface area contributed by atoms with Gasteiger partial charge in [0, 0.05) is 31.9 Å². The number of carbonyl (C=O) groups is 3. The Bertz CT molecular complexity index is 713. The fourth-order valence-electron chi connectivity index (χ4n) is 3.38. The predicted molar refractivity (Wildman–Crippen MR) is 100 cm³/mol. The van der Waals surface area contributed by atoms with Crippen LogP contribution in [0.15, 0.2) is 24.3 Å². The third kappa shape index (κ3) is 3.90. The number of urea groups is 1. The van der Waals surface area contributed by atoms with E-state index in [0.717, 1.165) is 11.3 Å². The zero-order valence-electron chi connectivity index (χ0n) is 16.1. The van der Waals surface area contributed by atoms with Crippen LogP contribution in [0, 0.1) is 6.92 Å². The van der Waals surface area contributed by atoms with Gasteiger partial charge in [0.1, 0.15) is 6.04 Å². The van der Waals surface area contributed by atoms with Crippen LogP contribution in [-0.4, -0.2) is 78.2 Å². The summed E-state index contributed by atoms with van der Waals surface area (Å²) in [4.78, 5) is 43.8. The van der Waals surface area contributed by atoms with Crippen LogP contribution in [0.2, 0.25) is 0 Å². The van der Waals surface area contributed by atoms with Crippen molar-refractivity contribution in [2.45, 2.75) is 26.8 Å². The molecule has 0 bridgehead atoms. The maximum atomic E-state index is 12.9. The summed E-state index contributed by atoms with van der Waals surface area (Å²) in [6, 6.07) is 6.75. The molecule has 2 saturated heterocycles. The monoisotopic (exact) mass is 374 g/mol. The molecule has 0 radical (unpaired) electrons. The molecular formula is C19H26N4O4. The zero-order valence-corrected chi connectivity index (χ0v) is 16.1. The summed E-state index contributed by atoms with van der Waals surface area (Å²) in [5, 5.41) is 0. The largest absolute Gasteiger partial charge is 0.450 e. The molecule has 4 amide bonds. The number of amides is 4. The van der Waals surface area contributed by atoms with Crippen molar-refractivity contribution in [2.75, 3.05) is 44.4 Å². The number of aryl methyl sites for hydroxylation is 1. The summed E-state index contributed by atoms with van der Waals surface area (Å²) >= 11 is 0. The van der Waals surface area contributed by atoms with E-state index in [2.05, 4.69) is 0 Å². The van der Waals surface area contributed by atoms with E-state index in [1.807, 2.05) is 36.1 Å². The second-order valence-electron chi connectivity index (χ2n) is 6.88. The summed E-state index contributed by atoms with van der Waals surface area (Å²) in [5.74, 6) is -0.201. The van der Waals surface area contributed by atoms with E-state index >= 15 is 0 Å². The molecule has 1 atom stereocenters. The van der Waals surface area contributed by atoms with E-state index < -0.39 is 6.04 Å². The number of piperazine rings is 1. The fourth-order valence-corrected chi connectivity index (χ4v) is 3.38. The second kappa shape index (κ2) is 7.96. The van der Waals surface area contributed by atoms with Gasteiger partial charge in [-0.3, -0.25) is 14.6 Å². The number of anilines is 1. The van der Waals surface area contributed by atoms with Gasteiger partial charge in [0.05, 0.1) is 13.3 Å². The van der Waals surface area contributed by atoms with Crippen LogP contribution in [0.5, 0.6) is 0 Å². The molecule has 8 heteroatoms. The number of nitrogens with zero attached hydrogens (tertiary/aromatic N) is 4. The number of hydrogen-bond donors (Lipinski definition) is 0. The highest BCUT2D eigenvalue weighted by Crippen LogP contribution is 2.26. The Morgan fingerprint density at radius 3 is 2.33 bits per heavy atom. The molecule has 8 nitrogen and oxygen atoms in total. The van der Waals surface area contributed by atoms with E-state index in [9.17, 15) is 14.4 Å². The van der Waals surface area contributed by atoms with Gasteiger partial charge in [-0.2, -0.15) is 0 Å². The maximum absolute atomic E-state index is 12.9. The minimum atomic E-state index is -0.527. The van der Waals surface area contributed by atoms with Crippen molar-refractivity contribution in [2.24, 2.45) is 0 Å². The molecule has 146 valence electrons. The van der Waals surface area contributed by atoms with Gasteiger partial charge in [-0.15, -0.1) is 0 Å². The number of rotatable bonds is 4. The van der Waals surface area contributed by atoms with Crippen LogP contribution >= 0.6 is 0 Å². The molecule has 1 unspecified atom stereocenters. The molecule has 2 aliphatic heterocycles. The molecule has 0 aliphatic carbocycles. The lowest BCUT2D eigenvalue weighted by atomic mass is 10.2. The Morgan fingerprint density at radius 1 is 1.11 bits per heavy atom. The fraction of sp³-hybridized carbons (Fsp3) is 0.526. The normalized spacial score (nSPS) is 21.1. The van der Waals surface area contributed by atoms with Gasteiger partial charge in [-0.25, -0.2) is 14.5 Å². The van der Waals surface area contributed by atoms with Gasteiger partial charge in [0.25, 0.3) is 5.91 Å². The van der Waals surface area contributed by atoms with E-state index in [1.54, 1.807) is 18.7 Å². The molecule has 2 aliphatic rings. The standard InChI is InChI=1S/C19H26N4O4/c1-4-27-19(26)21-11-9-20(10-12-21)13-22-17(24)15(3)23(18(22)25)16-7-5-14(2)6-8-16/h5-8,15H,4,9-13H2,1-3H3. The third-order valence-electron chi connectivity index (χ3n) is 5.00. The molecule has 0 saturated carbocycles. The summed E-state index contributed by atoms with van der Waals surface area (Å²) in [5.41, 5.74) is 1.82. The number of ether oxygens (including phenoxy) is 1. The maximum Gasteiger partial charge on any atom is 0.409 e. The lowest BCUT2D eigenvalue weighted by molar-refractivity contribution is -0.128. The number of imide groups is 1. The minimum Gasteiger partial charge on any atom is -0.450 e. The van der Waals surface area contributed by atoms with Crippen LogP contribution in [0.1, 0.15) is 19.4 Å². The van der Waals surface area contributed by atoms with E-state index in [1.165, 1.54) is 9.80 Å². The average Bonchev–Trinajstić information content (AvgIpc) is 2.87. The van der Waals surface area contributed by atoms with Crippen molar-refractivity contribution in [3.63, 3.8) is 0 Å². The molecule has 1 aromatic carbocycles. The highest BCUT2D eigenvalue weighted by molar-refractivity contribution is 6.14. The Kier molecular flexibility index (Phi) is 5.65. The zero-order chi connectivity index (χ0) is 19.6. The van der Waals surface area contributed by atoms with Gasteiger partial charge in [0.2, 0.25) is 0 Å². The highest BCUT2D eigenvalue weighted by Gasteiger charge is 2.44. The minimum absolute atomic E-state index is 0.201. The average molecular weight is 374 g/mol. The summed E-state index contributed by atoms with van der Waals surface area (Å²) in [7, 11) is 0. The summed E-state index contributed by atoms with van der Waals surface area (Å²) in [6.07, 6.45) is -0.315. The van der Waals surface area contributed by atoms with Gasteiger partial charge in [-0.05, 0) is 32.9 Å². The molecule has 0 spiro atoms. The topological polar surface area (TPSA) is 73.4 Å². The van der Waals surface area contributed by atoms with Gasteiger partial charge >= 0.3 is 12.1 Å². The first-order valence-electron chi connectivity index (χ1n) is 9.27. The van der Waals surface area contributed by atoms with Crippen molar-refractivity contribution in [1.29, 1.82) is 0 Å². The quantitative estimate of drug-likeness (QED) is 0.753. The predicted octanol–water partition coefficient (Wildman–Crippen LogP) is 1.88. The SMILES string of the molecule is CCOC(=O)N1CCN(CN2C(=O)C(C)N(c3ccc(C)cc3)C2=O)CC1. The number of benzene rings is 1. The van der Waals surface area contributed by atoms with E-state index in [0.29, 0.717) is 32.8 Å². The van der Waals surface area contributed by atoms with E-state index in [4.69, 9.17) is 4.74 Å². The van der Waals surface area contributed by atoms with Crippen LogP contribution in [0.25, 0.3) is 0 Å². The molecule has 1 aromatic rings. The molecule has 27 heavy (non-hydrogen) atoms.